The fourth-order valence-corrected chi connectivity index (χ4v) is 5.55. The van der Waals surface area contributed by atoms with Crippen molar-refractivity contribution in [2.75, 3.05) is 18.5 Å². The first-order chi connectivity index (χ1) is 4.43. The van der Waals surface area contributed by atoms with Gasteiger partial charge in [0.25, 0.3) is 0 Å². The Morgan fingerprint density at radius 1 is 1.22 bits per heavy atom. The summed E-state index contributed by atoms with van der Waals surface area (Å²) in [6.45, 7) is 0. The van der Waals surface area contributed by atoms with E-state index in [1.54, 1.807) is 62.5 Å². The van der Waals surface area contributed by atoms with Gasteiger partial charge >= 0.3 is 74.5 Å². The second-order valence-corrected chi connectivity index (χ2v) is 7.05. The Hall–Kier alpha value is 1.31. The summed E-state index contributed by atoms with van der Waals surface area (Å²) in [5.74, 6) is 0. The Kier molecular flexibility index (Phi) is 4.70. The Morgan fingerprint density at radius 2 is 1.89 bits per heavy atom. The first-order valence-corrected chi connectivity index (χ1v) is 8.12. The topological polar surface area (TPSA) is 0 Å². The summed E-state index contributed by atoms with van der Waals surface area (Å²) in [4.78, 5) is 0. The zero-order chi connectivity index (χ0) is 6.53. The van der Waals surface area contributed by atoms with Crippen LogP contribution in [0.2, 0.25) is 4.13 Å². The summed E-state index contributed by atoms with van der Waals surface area (Å²) < 4.78 is 1.51. The van der Waals surface area contributed by atoms with Crippen LogP contribution < -0.4 is 0 Å². The van der Waals surface area contributed by atoms with Gasteiger partial charge in [-0.05, 0) is 0 Å². The van der Waals surface area contributed by atoms with Crippen molar-refractivity contribution in [3.63, 3.8) is 0 Å². The van der Waals surface area contributed by atoms with E-state index in [0.29, 0.717) is 7.92 Å². The molecule has 9 heavy (non-hydrogen) atoms. The molecular formula is C7H14BiP. The molecule has 0 aromatic rings. The SMILES string of the molecule is [Bi][CH2]CCP1CCCC1. The van der Waals surface area contributed by atoms with Crippen LogP contribution in [0.3, 0.4) is 0 Å². The van der Waals surface area contributed by atoms with Gasteiger partial charge in [-0.1, -0.05) is 0 Å². The molecule has 1 heterocycles. The van der Waals surface area contributed by atoms with Crippen molar-refractivity contribution in [2.45, 2.75) is 23.4 Å². The van der Waals surface area contributed by atoms with E-state index in [1.165, 1.54) is 4.13 Å². The first kappa shape index (κ1) is 8.41. The molecule has 0 bridgehead atoms. The molecule has 0 N–H and O–H groups in total. The van der Waals surface area contributed by atoms with Gasteiger partial charge in [0.15, 0.2) is 0 Å². The van der Waals surface area contributed by atoms with E-state index in [1.807, 2.05) is 0 Å². The molecule has 0 atom stereocenters. The fourth-order valence-electron chi connectivity index (χ4n) is 1.30. The van der Waals surface area contributed by atoms with Crippen LogP contribution >= 0.6 is 7.92 Å². The van der Waals surface area contributed by atoms with Gasteiger partial charge < -0.3 is 0 Å². The van der Waals surface area contributed by atoms with Gasteiger partial charge in [-0.3, -0.25) is 0 Å². The van der Waals surface area contributed by atoms with E-state index < -0.39 is 0 Å². The average molecular weight is 338 g/mol. The molecule has 2 heteroatoms. The zero-order valence-electron chi connectivity index (χ0n) is 5.84. The van der Waals surface area contributed by atoms with E-state index >= 15 is 0 Å². The molecule has 0 aromatic heterocycles. The van der Waals surface area contributed by atoms with Crippen LogP contribution in [0.5, 0.6) is 0 Å². The van der Waals surface area contributed by atoms with Crippen LogP contribution in [0.1, 0.15) is 19.3 Å². The third-order valence-electron chi connectivity index (χ3n) is 1.83. The van der Waals surface area contributed by atoms with Gasteiger partial charge in [0.05, 0.1) is 0 Å². The van der Waals surface area contributed by atoms with Crippen LogP contribution in [0.15, 0.2) is 0 Å². The average Bonchev–Trinajstić information content (AvgIpc) is 2.34. The monoisotopic (exact) mass is 338 g/mol. The molecule has 1 aliphatic rings. The molecule has 52 valence electrons. The van der Waals surface area contributed by atoms with Gasteiger partial charge in [0.1, 0.15) is 0 Å². The molecule has 0 spiro atoms. The normalized spacial score (nSPS) is 21.0. The summed E-state index contributed by atoms with van der Waals surface area (Å²) in [6, 6.07) is 0. The third-order valence-corrected chi connectivity index (χ3v) is 5.91. The molecule has 0 unspecified atom stereocenters. The third kappa shape index (κ3) is 3.29. The van der Waals surface area contributed by atoms with E-state index in [9.17, 15) is 0 Å². The molecule has 0 aliphatic carbocycles. The molecule has 0 aromatic carbocycles. The Morgan fingerprint density at radius 3 is 2.44 bits per heavy atom. The summed E-state index contributed by atoms with van der Waals surface area (Å²) in [6.07, 6.45) is 9.45. The molecular weight excluding hydrogens is 324 g/mol. The van der Waals surface area contributed by atoms with E-state index in [-0.39, 0.29) is 0 Å². The summed E-state index contributed by atoms with van der Waals surface area (Å²) >= 11 is 1.60. The maximum absolute atomic E-state index is 1.60. The molecule has 1 rings (SSSR count). The quantitative estimate of drug-likeness (QED) is 0.547. The Labute approximate surface area is 74.4 Å². The van der Waals surface area contributed by atoms with Crippen molar-refractivity contribution in [2.24, 2.45) is 0 Å². The molecule has 0 nitrogen and oxygen atoms in total. The van der Waals surface area contributed by atoms with Crippen LogP contribution in [-0.2, 0) is 0 Å². The molecule has 1 aliphatic heterocycles. The van der Waals surface area contributed by atoms with Gasteiger partial charge in [0, 0.05) is 0 Å². The molecule has 1 fully saturated rings. The Bertz CT molecular complexity index is 69.3. The van der Waals surface area contributed by atoms with Gasteiger partial charge in [-0.15, -0.1) is 0 Å². The van der Waals surface area contributed by atoms with Crippen molar-refractivity contribution < 1.29 is 0 Å². The van der Waals surface area contributed by atoms with Crippen LogP contribution in [0.25, 0.3) is 0 Å². The number of hydrogen-bond donors (Lipinski definition) is 0. The van der Waals surface area contributed by atoms with Gasteiger partial charge in [-0.25, -0.2) is 0 Å². The van der Waals surface area contributed by atoms with Gasteiger partial charge in [-0.2, -0.15) is 0 Å². The molecule has 0 saturated carbocycles. The van der Waals surface area contributed by atoms with Crippen molar-refractivity contribution >= 4 is 32.6 Å². The van der Waals surface area contributed by atoms with Crippen molar-refractivity contribution in [1.82, 2.24) is 0 Å². The second kappa shape index (κ2) is 5.03. The minimum atomic E-state index is 0.567. The van der Waals surface area contributed by atoms with Crippen molar-refractivity contribution in [3.05, 3.63) is 0 Å². The second-order valence-electron chi connectivity index (χ2n) is 2.63. The number of hydrogen-bond acceptors (Lipinski definition) is 0. The zero-order valence-corrected chi connectivity index (χ0v) is 10.2. The summed E-state index contributed by atoms with van der Waals surface area (Å²) in [7, 11) is 0.567. The Balaban J connectivity index is 1.98. The minimum absolute atomic E-state index is 0.567. The van der Waals surface area contributed by atoms with E-state index in [4.69, 9.17) is 0 Å². The summed E-state index contributed by atoms with van der Waals surface area (Å²) in [5.41, 5.74) is 0. The number of rotatable bonds is 3. The van der Waals surface area contributed by atoms with E-state index in [0.717, 1.165) is 0 Å². The predicted molar refractivity (Wildman–Crippen MR) is 45.9 cm³/mol. The van der Waals surface area contributed by atoms with Crippen LogP contribution in [0, 0.1) is 0 Å². The summed E-state index contributed by atoms with van der Waals surface area (Å²) in [5, 5.41) is 0. The molecule has 2 radical (unpaired) electrons. The fraction of sp³-hybridized carbons (Fsp3) is 1.00. The van der Waals surface area contributed by atoms with Crippen molar-refractivity contribution in [1.29, 1.82) is 0 Å². The standard InChI is InChI=1S/C7H14P.Bi/c1-2-5-8-6-3-4-7-8;/h1-7H2;. The predicted octanol–water partition coefficient (Wildman–Crippen LogP) is 2.24. The van der Waals surface area contributed by atoms with Crippen LogP contribution in [-0.4, -0.2) is 43.2 Å². The molecule has 1 saturated heterocycles. The maximum atomic E-state index is 1.60. The van der Waals surface area contributed by atoms with Crippen molar-refractivity contribution in [3.8, 4) is 0 Å². The van der Waals surface area contributed by atoms with Crippen LogP contribution in [0.4, 0.5) is 0 Å². The van der Waals surface area contributed by atoms with E-state index in [2.05, 4.69) is 0 Å². The van der Waals surface area contributed by atoms with Gasteiger partial charge in [0.2, 0.25) is 0 Å². The first-order valence-electron chi connectivity index (χ1n) is 3.76. The molecule has 0 amide bonds.